The molecule has 0 fully saturated rings. The number of nitrogens with one attached hydrogen (secondary N) is 1. The standard InChI is InChI=1S/C10H15N3OS/c1-11-10-7-5-15-6-8(7)12-9(13-10)3-4-14-2/h3-6H2,1-2H3,(H,11,12,13). The SMILES string of the molecule is CNc1nc(CCOC)nc2c1CSC2. The molecule has 0 amide bonds. The molecule has 0 spiro atoms. The van der Waals surface area contributed by atoms with E-state index < -0.39 is 0 Å². The van der Waals surface area contributed by atoms with Crippen molar-refractivity contribution in [3.8, 4) is 0 Å². The fourth-order valence-electron chi connectivity index (χ4n) is 1.61. The number of hydrogen-bond donors (Lipinski definition) is 1. The Balaban J connectivity index is 2.26. The first-order chi connectivity index (χ1) is 7.35. The third kappa shape index (κ3) is 2.23. The van der Waals surface area contributed by atoms with Gasteiger partial charge >= 0.3 is 0 Å². The van der Waals surface area contributed by atoms with Gasteiger partial charge in [0.25, 0.3) is 0 Å². The summed E-state index contributed by atoms with van der Waals surface area (Å²) in [7, 11) is 3.61. The zero-order valence-electron chi connectivity index (χ0n) is 9.04. The lowest BCUT2D eigenvalue weighted by atomic mass is 10.2. The largest absolute Gasteiger partial charge is 0.384 e. The number of nitrogens with zero attached hydrogens (tertiary/aromatic N) is 2. The highest BCUT2D eigenvalue weighted by atomic mass is 32.2. The number of fused-ring (bicyclic) bond motifs is 1. The summed E-state index contributed by atoms with van der Waals surface area (Å²) < 4.78 is 5.03. The molecule has 1 aromatic rings. The smallest absolute Gasteiger partial charge is 0.133 e. The van der Waals surface area contributed by atoms with Gasteiger partial charge in [-0.05, 0) is 0 Å². The number of aromatic nitrogens is 2. The Morgan fingerprint density at radius 3 is 3.00 bits per heavy atom. The quantitative estimate of drug-likeness (QED) is 0.840. The van der Waals surface area contributed by atoms with E-state index in [1.807, 2.05) is 18.8 Å². The summed E-state index contributed by atoms with van der Waals surface area (Å²) in [5.74, 6) is 3.89. The summed E-state index contributed by atoms with van der Waals surface area (Å²) >= 11 is 1.89. The predicted molar refractivity (Wildman–Crippen MR) is 62.2 cm³/mol. The van der Waals surface area contributed by atoms with E-state index in [1.165, 1.54) is 11.3 Å². The van der Waals surface area contributed by atoms with Crippen LogP contribution in [-0.4, -0.2) is 30.7 Å². The number of anilines is 1. The summed E-state index contributed by atoms with van der Waals surface area (Å²) in [6, 6.07) is 0. The maximum Gasteiger partial charge on any atom is 0.133 e. The number of ether oxygens (including phenoxy) is 1. The lowest BCUT2D eigenvalue weighted by molar-refractivity contribution is 0.200. The van der Waals surface area contributed by atoms with Crippen LogP contribution in [0.25, 0.3) is 0 Å². The molecule has 0 saturated carbocycles. The van der Waals surface area contributed by atoms with Crippen LogP contribution in [0.1, 0.15) is 17.1 Å². The van der Waals surface area contributed by atoms with Crippen LogP contribution >= 0.6 is 11.8 Å². The Bertz CT molecular complexity index is 357. The predicted octanol–water partition coefficient (Wildman–Crippen LogP) is 1.45. The molecule has 0 atom stereocenters. The zero-order valence-corrected chi connectivity index (χ0v) is 9.86. The summed E-state index contributed by atoms with van der Waals surface area (Å²) in [6.07, 6.45) is 0.781. The second-order valence-corrected chi connectivity index (χ2v) is 4.38. The van der Waals surface area contributed by atoms with E-state index >= 15 is 0 Å². The van der Waals surface area contributed by atoms with E-state index in [0.717, 1.165) is 29.6 Å². The van der Waals surface area contributed by atoms with Crippen molar-refractivity contribution in [3.63, 3.8) is 0 Å². The van der Waals surface area contributed by atoms with E-state index in [9.17, 15) is 0 Å². The molecule has 1 aliphatic rings. The average molecular weight is 225 g/mol. The number of rotatable bonds is 4. The van der Waals surface area contributed by atoms with Crippen LogP contribution in [0.5, 0.6) is 0 Å². The molecule has 0 unspecified atom stereocenters. The minimum atomic E-state index is 0.676. The Hall–Kier alpha value is -0.810. The maximum atomic E-state index is 5.03. The normalized spacial score (nSPS) is 14.0. The van der Waals surface area contributed by atoms with Crippen molar-refractivity contribution in [2.24, 2.45) is 0 Å². The molecule has 5 heteroatoms. The molecule has 0 aromatic carbocycles. The van der Waals surface area contributed by atoms with Crippen LogP contribution in [0, 0.1) is 0 Å². The summed E-state index contributed by atoms with van der Waals surface area (Å²) in [4.78, 5) is 9.03. The summed E-state index contributed by atoms with van der Waals surface area (Å²) in [5.41, 5.74) is 2.45. The van der Waals surface area contributed by atoms with Gasteiger partial charge in [0.2, 0.25) is 0 Å². The second-order valence-electron chi connectivity index (χ2n) is 3.40. The molecular weight excluding hydrogens is 210 g/mol. The molecule has 1 aliphatic heterocycles. The Morgan fingerprint density at radius 2 is 2.27 bits per heavy atom. The molecule has 2 rings (SSSR count). The van der Waals surface area contributed by atoms with Crippen LogP contribution in [0.15, 0.2) is 0 Å². The van der Waals surface area contributed by atoms with Crippen LogP contribution in [0.3, 0.4) is 0 Å². The first kappa shape index (κ1) is 10.7. The maximum absolute atomic E-state index is 5.03. The van der Waals surface area contributed by atoms with Gasteiger partial charge in [-0.2, -0.15) is 11.8 Å². The van der Waals surface area contributed by atoms with Gasteiger partial charge in [-0.15, -0.1) is 0 Å². The van der Waals surface area contributed by atoms with Gasteiger partial charge < -0.3 is 10.1 Å². The molecular formula is C10H15N3OS. The lowest BCUT2D eigenvalue weighted by Gasteiger charge is -2.08. The van der Waals surface area contributed by atoms with E-state index in [4.69, 9.17) is 4.74 Å². The molecule has 15 heavy (non-hydrogen) atoms. The molecule has 82 valence electrons. The third-order valence-corrected chi connectivity index (χ3v) is 3.36. The van der Waals surface area contributed by atoms with E-state index in [-0.39, 0.29) is 0 Å². The summed E-state index contributed by atoms with van der Waals surface area (Å²) in [6.45, 7) is 0.676. The van der Waals surface area contributed by atoms with Crippen LogP contribution in [-0.2, 0) is 22.7 Å². The van der Waals surface area contributed by atoms with Gasteiger partial charge in [0.05, 0.1) is 12.3 Å². The Labute approximate surface area is 93.8 Å². The van der Waals surface area contributed by atoms with E-state index in [2.05, 4.69) is 15.3 Å². The molecule has 4 nitrogen and oxygen atoms in total. The fourth-order valence-corrected chi connectivity index (χ4v) is 2.66. The first-order valence-electron chi connectivity index (χ1n) is 4.98. The van der Waals surface area contributed by atoms with Crippen LogP contribution in [0.4, 0.5) is 5.82 Å². The van der Waals surface area contributed by atoms with Gasteiger partial charge in [-0.1, -0.05) is 0 Å². The van der Waals surface area contributed by atoms with Gasteiger partial charge in [0.15, 0.2) is 0 Å². The van der Waals surface area contributed by atoms with Crippen molar-refractivity contribution in [2.45, 2.75) is 17.9 Å². The van der Waals surface area contributed by atoms with Crippen molar-refractivity contribution >= 4 is 17.6 Å². The van der Waals surface area contributed by atoms with Gasteiger partial charge in [0.1, 0.15) is 11.6 Å². The highest BCUT2D eigenvalue weighted by Gasteiger charge is 2.18. The third-order valence-electron chi connectivity index (χ3n) is 2.39. The van der Waals surface area contributed by atoms with Crippen LogP contribution in [0.2, 0.25) is 0 Å². The lowest BCUT2D eigenvalue weighted by Crippen LogP contribution is -2.07. The Morgan fingerprint density at radius 1 is 1.40 bits per heavy atom. The minimum absolute atomic E-state index is 0.676. The number of hydrogen-bond acceptors (Lipinski definition) is 5. The molecule has 0 bridgehead atoms. The van der Waals surface area contributed by atoms with Crippen molar-refractivity contribution in [3.05, 3.63) is 17.1 Å². The van der Waals surface area contributed by atoms with Crippen molar-refractivity contribution in [1.29, 1.82) is 0 Å². The highest BCUT2D eigenvalue weighted by Crippen LogP contribution is 2.32. The first-order valence-corrected chi connectivity index (χ1v) is 6.13. The fraction of sp³-hybridized carbons (Fsp3) is 0.600. The number of methoxy groups -OCH3 is 1. The minimum Gasteiger partial charge on any atom is -0.384 e. The molecule has 0 aliphatic carbocycles. The van der Waals surface area contributed by atoms with Gasteiger partial charge in [-0.3, -0.25) is 0 Å². The van der Waals surface area contributed by atoms with Crippen LogP contribution < -0.4 is 5.32 Å². The van der Waals surface area contributed by atoms with Gasteiger partial charge in [-0.25, -0.2) is 9.97 Å². The average Bonchev–Trinajstić information content (AvgIpc) is 2.73. The molecule has 1 N–H and O–H groups in total. The van der Waals surface area contributed by atoms with E-state index in [0.29, 0.717) is 6.61 Å². The van der Waals surface area contributed by atoms with Crippen molar-refractivity contribution in [2.75, 3.05) is 26.1 Å². The monoisotopic (exact) mass is 225 g/mol. The zero-order chi connectivity index (χ0) is 10.7. The second kappa shape index (κ2) is 4.81. The Kier molecular flexibility index (Phi) is 3.43. The highest BCUT2D eigenvalue weighted by molar-refractivity contribution is 7.98. The van der Waals surface area contributed by atoms with Crippen molar-refractivity contribution < 1.29 is 4.74 Å². The number of thioether (sulfide) groups is 1. The van der Waals surface area contributed by atoms with Gasteiger partial charge in [0, 0.05) is 37.6 Å². The van der Waals surface area contributed by atoms with E-state index in [1.54, 1.807) is 7.11 Å². The molecule has 0 radical (unpaired) electrons. The topological polar surface area (TPSA) is 47.0 Å². The van der Waals surface area contributed by atoms with Crippen molar-refractivity contribution in [1.82, 2.24) is 9.97 Å². The summed E-state index contributed by atoms with van der Waals surface area (Å²) in [5, 5.41) is 3.14. The molecule has 0 saturated heterocycles. The molecule has 2 heterocycles. The molecule has 1 aromatic heterocycles.